The molecule has 0 amide bonds. The number of hydrogen-bond donors (Lipinski definition) is 0. The monoisotopic (exact) mass is 391 g/mol. The first-order valence-corrected chi connectivity index (χ1v) is 10.6. The van der Waals surface area contributed by atoms with Crippen molar-refractivity contribution in [2.24, 2.45) is 7.05 Å². The van der Waals surface area contributed by atoms with Crippen LogP contribution in [-0.2, 0) is 7.05 Å². The van der Waals surface area contributed by atoms with Gasteiger partial charge in [-0.05, 0) is 80.1 Å². The zero-order chi connectivity index (χ0) is 21.2. The van der Waals surface area contributed by atoms with Crippen molar-refractivity contribution < 1.29 is 4.57 Å². The van der Waals surface area contributed by atoms with Gasteiger partial charge >= 0.3 is 0 Å². The molecular weight excluding hydrogens is 364 g/mol. The van der Waals surface area contributed by atoms with Crippen LogP contribution in [-0.4, -0.2) is 4.98 Å². The number of aromatic nitrogens is 2. The maximum absolute atomic E-state index is 4.95. The molecule has 0 saturated heterocycles. The first-order chi connectivity index (χ1) is 14.4. The first kappa shape index (κ1) is 18.7. The van der Waals surface area contributed by atoms with Gasteiger partial charge in [-0.1, -0.05) is 29.8 Å². The van der Waals surface area contributed by atoms with Crippen LogP contribution in [0.2, 0.25) is 0 Å². The predicted octanol–water partition coefficient (Wildman–Crippen LogP) is 6.57. The number of rotatable bonds is 1. The van der Waals surface area contributed by atoms with Gasteiger partial charge in [-0.3, -0.25) is 4.98 Å². The van der Waals surface area contributed by atoms with Gasteiger partial charge in [0.1, 0.15) is 7.05 Å². The van der Waals surface area contributed by atoms with Crippen LogP contribution in [0, 0.1) is 34.6 Å². The molecule has 3 aromatic carbocycles. The molecule has 0 aliphatic rings. The molecule has 2 aromatic heterocycles. The Bertz CT molecular complexity index is 1470. The number of aryl methyl sites for hydroxylation is 6. The number of nitrogens with zero attached hydrogens (tertiary/aromatic N) is 2. The van der Waals surface area contributed by atoms with Gasteiger partial charge in [0, 0.05) is 23.0 Å². The summed E-state index contributed by atoms with van der Waals surface area (Å²) in [6.45, 7) is 11.0. The summed E-state index contributed by atoms with van der Waals surface area (Å²) in [5, 5.41) is 5.11. The topological polar surface area (TPSA) is 16.8 Å². The van der Waals surface area contributed by atoms with Crippen molar-refractivity contribution >= 4 is 32.6 Å². The normalized spacial score (nSPS) is 11.7. The summed E-state index contributed by atoms with van der Waals surface area (Å²) in [6, 6.07) is 15.7. The average Bonchev–Trinajstić information content (AvgIpc) is 2.69. The summed E-state index contributed by atoms with van der Waals surface area (Å²) in [4.78, 5) is 4.95. The molecule has 0 aliphatic carbocycles. The molecule has 5 aromatic rings. The molecule has 0 unspecified atom stereocenters. The van der Waals surface area contributed by atoms with E-state index in [2.05, 4.69) is 94.9 Å². The zero-order valence-corrected chi connectivity index (χ0v) is 18.6. The lowest BCUT2D eigenvalue weighted by molar-refractivity contribution is -0.644. The summed E-state index contributed by atoms with van der Waals surface area (Å²) >= 11 is 0. The molecule has 148 valence electrons. The van der Waals surface area contributed by atoms with Crippen LogP contribution in [0.5, 0.6) is 0 Å². The standard InChI is InChI=1S/C28H27N2/c1-16-14-19(4)23(20(5)15-16)21-10-9-17(2)24-22-8-7-13-30(6)28(22)25-18(3)11-12-29-27(25)26(21)24/h7-15H,1-6H3/q+1. The van der Waals surface area contributed by atoms with Crippen LogP contribution in [0.4, 0.5) is 0 Å². The van der Waals surface area contributed by atoms with E-state index in [1.54, 1.807) is 0 Å². The molecule has 0 aliphatic heterocycles. The third kappa shape index (κ3) is 2.56. The van der Waals surface area contributed by atoms with Gasteiger partial charge in [0.05, 0.1) is 16.3 Å². The minimum Gasteiger partial charge on any atom is -0.255 e. The summed E-state index contributed by atoms with van der Waals surface area (Å²) < 4.78 is 2.24. The Morgan fingerprint density at radius 1 is 0.733 bits per heavy atom. The minimum absolute atomic E-state index is 1.09. The average molecular weight is 392 g/mol. The van der Waals surface area contributed by atoms with E-state index in [1.807, 2.05) is 6.20 Å². The third-order valence-electron chi connectivity index (χ3n) is 6.44. The van der Waals surface area contributed by atoms with Crippen molar-refractivity contribution in [1.82, 2.24) is 4.98 Å². The van der Waals surface area contributed by atoms with Crippen LogP contribution in [0.1, 0.15) is 27.8 Å². The molecule has 2 heteroatoms. The second kappa shape index (κ2) is 6.63. The molecule has 30 heavy (non-hydrogen) atoms. The number of fused-ring (bicyclic) bond motifs is 6. The Labute approximate surface area is 177 Å². The second-order valence-corrected chi connectivity index (χ2v) is 8.69. The van der Waals surface area contributed by atoms with Crippen molar-refractivity contribution in [1.29, 1.82) is 0 Å². The van der Waals surface area contributed by atoms with Gasteiger partial charge in [0.15, 0.2) is 6.20 Å². The molecule has 0 fully saturated rings. The predicted molar refractivity (Wildman–Crippen MR) is 127 cm³/mol. The summed E-state index contributed by atoms with van der Waals surface area (Å²) in [7, 11) is 2.13. The number of hydrogen-bond acceptors (Lipinski definition) is 1. The van der Waals surface area contributed by atoms with E-state index in [-0.39, 0.29) is 0 Å². The highest BCUT2D eigenvalue weighted by Crippen LogP contribution is 2.42. The van der Waals surface area contributed by atoms with Gasteiger partial charge < -0.3 is 0 Å². The largest absolute Gasteiger partial charge is 0.255 e. The molecule has 0 atom stereocenters. The quantitative estimate of drug-likeness (QED) is 0.233. The van der Waals surface area contributed by atoms with Crippen LogP contribution in [0.3, 0.4) is 0 Å². The number of benzene rings is 3. The highest BCUT2D eigenvalue weighted by Gasteiger charge is 2.22. The Morgan fingerprint density at radius 3 is 2.17 bits per heavy atom. The van der Waals surface area contributed by atoms with Gasteiger partial charge in [0.2, 0.25) is 5.52 Å². The molecule has 0 spiro atoms. The SMILES string of the molecule is Cc1cc(C)c(-c2ccc(C)c3c4ccc[n+](C)c4c4c(C)ccnc4c23)c(C)c1. The number of pyridine rings is 2. The summed E-state index contributed by atoms with van der Waals surface area (Å²) in [5.74, 6) is 0. The first-order valence-electron chi connectivity index (χ1n) is 10.6. The lowest BCUT2D eigenvalue weighted by Gasteiger charge is -2.18. The van der Waals surface area contributed by atoms with Gasteiger partial charge in [-0.2, -0.15) is 0 Å². The fourth-order valence-corrected chi connectivity index (χ4v) is 5.28. The molecule has 0 N–H and O–H groups in total. The van der Waals surface area contributed by atoms with Crippen molar-refractivity contribution in [3.8, 4) is 11.1 Å². The van der Waals surface area contributed by atoms with Gasteiger partial charge in [-0.25, -0.2) is 4.57 Å². The molecular formula is C28H27N2+. The van der Waals surface area contributed by atoms with Crippen molar-refractivity contribution in [2.45, 2.75) is 34.6 Å². The lowest BCUT2D eigenvalue weighted by Crippen LogP contribution is -2.28. The van der Waals surface area contributed by atoms with Crippen molar-refractivity contribution in [3.63, 3.8) is 0 Å². The molecule has 5 rings (SSSR count). The molecule has 0 bridgehead atoms. The molecule has 2 nitrogen and oxygen atoms in total. The summed E-state index contributed by atoms with van der Waals surface area (Å²) in [6.07, 6.45) is 4.08. The van der Waals surface area contributed by atoms with E-state index >= 15 is 0 Å². The van der Waals surface area contributed by atoms with Crippen LogP contribution in [0.15, 0.2) is 54.9 Å². The molecule has 0 radical (unpaired) electrons. The summed E-state index contributed by atoms with van der Waals surface area (Å²) in [5.41, 5.74) is 11.4. The van der Waals surface area contributed by atoms with Crippen LogP contribution < -0.4 is 4.57 Å². The van der Waals surface area contributed by atoms with E-state index in [4.69, 9.17) is 4.98 Å². The molecule has 2 heterocycles. The fourth-order valence-electron chi connectivity index (χ4n) is 5.28. The zero-order valence-electron chi connectivity index (χ0n) is 18.6. The molecule has 0 saturated carbocycles. The van der Waals surface area contributed by atoms with Crippen molar-refractivity contribution in [2.75, 3.05) is 0 Å². The van der Waals surface area contributed by atoms with E-state index in [0.29, 0.717) is 0 Å². The Morgan fingerprint density at radius 2 is 1.43 bits per heavy atom. The lowest BCUT2D eigenvalue weighted by atomic mass is 9.86. The maximum atomic E-state index is 4.95. The van der Waals surface area contributed by atoms with E-state index in [0.717, 1.165) is 5.52 Å². The van der Waals surface area contributed by atoms with Crippen molar-refractivity contribution in [3.05, 3.63) is 82.7 Å². The van der Waals surface area contributed by atoms with Crippen LogP contribution in [0.25, 0.3) is 43.7 Å². The highest BCUT2D eigenvalue weighted by molar-refractivity contribution is 6.27. The van der Waals surface area contributed by atoms with Gasteiger partial charge in [0.25, 0.3) is 0 Å². The Hall–Kier alpha value is -3.26. The van der Waals surface area contributed by atoms with E-state index in [9.17, 15) is 0 Å². The second-order valence-electron chi connectivity index (χ2n) is 8.69. The third-order valence-corrected chi connectivity index (χ3v) is 6.44. The van der Waals surface area contributed by atoms with Crippen LogP contribution >= 0.6 is 0 Å². The smallest absolute Gasteiger partial charge is 0.222 e. The fraction of sp³-hybridized carbons (Fsp3) is 0.214. The Kier molecular flexibility index (Phi) is 4.14. The maximum Gasteiger partial charge on any atom is 0.222 e. The van der Waals surface area contributed by atoms with Gasteiger partial charge in [-0.15, -0.1) is 0 Å². The highest BCUT2D eigenvalue weighted by atomic mass is 14.9. The Balaban J connectivity index is 2.14. The van der Waals surface area contributed by atoms with E-state index < -0.39 is 0 Å². The van der Waals surface area contributed by atoms with E-state index in [1.165, 1.54) is 66.0 Å². The minimum atomic E-state index is 1.09.